The molecule has 0 bridgehead atoms. The van der Waals surface area contributed by atoms with E-state index in [1.54, 1.807) is 6.92 Å². The molecule has 0 aliphatic rings. The fraction of sp³-hybridized carbons (Fsp3) is 0.364. The van der Waals surface area contributed by atoms with Gasteiger partial charge in [0.1, 0.15) is 5.75 Å². The molecule has 6 nitrogen and oxygen atoms in total. The van der Waals surface area contributed by atoms with Gasteiger partial charge in [-0.05, 0) is 31.2 Å². The van der Waals surface area contributed by atoms with E-state index in [2.05, 4.69) is 9.46 Å². The van der Waals surface area contributed by atoms with Crippen molar-refractivity contribution in [3.8, 4) is 5.75 Å². The molecule has 0 aromatic heterocycles. The number of esters is 1. The molecule has 1 aromatic carbocycles. The molecule has 0 unspecified atom stereocenters. The summed E-state index contributed by atoms with van der Waals surface area (Å²) in [6.07, 6.45) is -0.0227. The van der Waals surface area contributed by atoms with Crippen LogP contribution >= 0.6 is 0 Å². The topological polar surface area (TPSA) is 92.7 Å². The third-order valence-corrected chi connectivity index (χ3v) is 3.55. The smallest absolute Gasteiger partial charge is 0.307 e. The summed E-state index contributed by atoms with van der Waals surface area (Å²) in [6.45, 7) is 1.92. The first-order valence-electron chi connectivity index (χ1n) is 5.40. The molecule has 0 saturated carbocycles. The van der Waals surface area contributed by atoms with E-state index in [-0.39, 0.29) is 30.2 Å². The summed E-state index contributed by atoms with van der Waals surface area (Å²) in [4.78, 5) is 11.1. The van der Waals surface area contributed by atoms with Crippen molar-refractivity contribution in [1.82, 2.24) is 4.72 Å². The van der Waals surface area contributed by atoms with E-state index in [0.717, 1.165) is 0 Å². The number of rotatable bonds is 6. The first-order chi connectivity index (χ1) is 8.45. The van der Waals surface area contributed by atoms with Gasteiger partial charge in [0.2, 0.25) is 10.0 Å². The standard InChI is InChI=1S/C11H15NO5S/c1-2-17-11(14)7-8-12-18(15,16)10-5-3-9(13)4-6-10/h3-6,12-13H,2,7-8H2,1H3. The van der Waals surface area contributed by atoms with Crippen molar-refractivity contribution in [3.63, 3.8) is 0 Å². The largest absolute Gasteiger partial charge is 0.508 e. The second-order valence-electron chi connectivity index (χ2n) is 3.45. The van der Waals surface area contributed by atoms with Crippen LogP contribution in [0.25, 0.3) is 0 Å². The number of aromatic hydroxyl groups is 1. The van der Waals surface area contributed by atoms with E-state index in [1.165, 1.54) is 24.3 Å². The van der Waals surface area contributed by atoms with Crippen LogP contribution < -0.4 is 4.72 Å². The number of phenolic OH excluding ortho intramolecular Hbond substituents is 1. The second kappa shape index (κ2) is 6.36. The molecule has 0 aliphatic heterocycles. The zero-order chi connectivity index (χ0) is 13.6. The summed E-state index contributed by atoms with van der Waals surface area (Å²) in [5, 5.41) is 9.05. The Hall–Kier alpha value is -1.60. The minimum Gasteiger partial charge on any atom is -0.508 e. The summed E-state index contributed by atoms with van der Waals surface area (Å²) in [7, 11) is -3.66. The predicted molar refractivity (Wildman–Crippen MR) is 64.5 cm³/mol. The Labute approximate surface area is 106 Å². The SMILES string of the molecule is CCOC(=O)CCNS(=O)(=O)c1ccc(O)cc1. The van der Waals surface area contributed by atoms with Gasteiger partial charge in [-0.3, -0.25) is 4.79 Å². The molecule has 1 aromatic rings. The maximum Gasteiger partial charge on any atom is 0.307 e. The molecule has 0 amide bonds. The number of hydrogen-bond acceptors (Lipinski definition) is 5. The van der Waals surface area contributed by atoms with E-state index >= 15 is 0 Å². The molecule has 1 rings (SSSR count). The lowest BCUT2D eigenvalue weighted by molar-refractivity contribution is -0.142. The van der Waals surface area contributed by atoms with Crippen molar-refractivity contribution in [3.05, 3.63) is 24.3 Å². The highest BCUT2D eigenvalue weighted by Gasteiger charge is 2.14. The van der Waals surface area contributed by atoms with Crippen LogP contribution in [0.2, 0.25) is 0 Å². The number of sulfonamides is 1. The van der Waals surface area contributed by atoms with Gasteiger partial charge in [0, 0.05) is 6.54 Å². The highest BCUT2D eigenvalue weighted by Crippen LogP contribution is 2.13. The van der Waals surface area contributed by atoms with Crippen molar-refractivity contribution >= 4 is 16.0 Å². The third-order valence-electron chi connectivity index (χ3n) is 2.07. The molecule has 100 valence electrons. The number of carbonyl (C=O) groups excluding carboxylic acids is 1. The van der Waals surface area contributed by atoms with Crippen LogP contribution in [0.5, 0.6) is 5.75 Å². The molecule has 0 saturated heterocycles. The lowest BCUT2D eigenvalue weighted by Crippen LogP contribution is -2.26. The number of carbonyl (C=O) groups is 1. The molecule has 0 atom stereocenters. The molecule has 0 heterocycles. The van der Waals surface area contributed by atoms with Gasteiger partial charge in [0.25, 0.3) is 0 Å². The monoisotopic (exact) mass is 273 g/mol. The highest BCUT2D eigenvalue weighted by molar-refractivity contribution is 7.89. The lowest BCUT2D eigenvalue weighted by Gasteiger charge is -2.06. The van der Waals surface area contributed by atoms with Gasteiger partial charge in [-0.2, -0.15) is 0 Å². The summed E-state index contributed by atoms with van der Waals surface area (Å²) in [5.41, 5.74) is 0. The average Bonchev–Trinajstić information content (AvgIpc) is 2.29. The summed E-state index contributed by atoms with van der Waals surface area (Å²) >= 11 is 0. The quantitative estimate of drug-likeness (QED) is 0.741. The van der Waals surface area contributed by atoms with Crippen molar-refractivity contribution in [2.24, 2.45) is 0 Å². The maximum absolute atomic E-state index is 11.7. The molecule has 0 aliphatic carbocycles. The zero-order valence-electron chi connectivity index (χ0n) is 9.92. The van der Waals surface area contributed by atoms with Gasteiger partial charge in [0.05, 0.1) is 17.9 Å². The Morgan fingerprint density at radius 3 is 2.50 bits per heavy atom. The first kappa shape index (κ1) is 14.5. The molecule has 7 heteroatoms. The number of nitrogens with one attached hydrogen (secondary N) is 1. The van der Waals surface area contributed by atoms with Crippen molar-refractivity contribution in [2.75, 3.05) is 13.2 Å². The summed E-state index contributed by atoms with van der Waals surface area (Å²) in [6, 6.07) is 5.11. The van der Waals surface area contributed by atoms with Crippen LogP contribution in [0, 0.1) is 0 Å². The average molecular weight is 273 g/mol. The van der Waals surface area contributed by atoms with Crippen LogP contribution in [0.1, 0.15) is 13.3 Å². The fourth-order valence-corrected chi connectivity index (χ4v) is 2.26. The number of hydrogen-bond donors (Lipinski definition) is 2. The van der Waals surface area contributed by atoms with Crippen LogP contribution in [0.3, 0.4) is 0 Å². The normalized spacial score (nSPS) is 11.2. The Morgan fingerprint density at radius 2 is 1.94 bits per heavy atom. The van der Waals surface area contributed by atoms with E-state index in [1.807, 2.05) is 0 Å². The van der Waals surface area contributed by atoms with Crippen molar-refractivity contribution < 1.29 is 23.1 Å². The third kappa shape index (κ3) is 4.34. The zero-order valence-corrected chi connectivity index (χ0v) is 10.7. The van der Waals surface area contributed by atoms with Gasteiger partial charge in [0.15, 0.2) is 0 Å². The molecule has 2 N–H and O–H groups in total. The van der Waals surface area contributed by atoms with Crippen LogP contribution in [-0.2, 0) is 19.6 Å². The number of ether oxygens (including phenoxy) is 1. The molecule has 0 spiro atoms. The Balaban J connectivity index is 2.55. The first-order valence-corrected chi connectivity index (χ1v) is 6.88. The van der Waals surface area contributed by atoms with Gasteiger partial charge in [-0.15, -0.1) is 0 Å². The van der Waals surface area contributed by atoms with Crippen molar-refractivity contribution in [1.29, 1.82) is 0 Å². The van der Waals surface area contributed by atoms with Gasteiger partial charge in [-0.1, -0.05) is 0 Å². The lowest BCUT2D eigenvalue weighted by atomic mass is 10.3. The second-order valence-corrected chi connectivity index (χ2v) is 5.21. The van der Waals surface area contributed by atoms with Gasteiger partial charge in [-0.25, -0.2) is 13.1 Å². The van der Waals surface area contributed by atoms with Crippen LogP contribution in [-0.4, -0.2) is 32.6 Å². The van der Waals surface area contributed by atoms with Gasteiger partial charge >= 0.3 is 5.97 Å². The Kier molecular flexibility index (Phi) is 5.11. The number of phenols is 1. The van der Waals surface area contributed by atoms with Crippen LogP contribution in [0.4, 0.5) is 0 Å². The fourth-order valence-electron chi connectivity index (χ4n) is 1.23. The molecule has 18 heavy (non-hydrogen) atoms. The van der Waals surface area contributed by atoms with Crippen LogP contribution in [0.15, 0.2) is 29.2 Å². The predicted octanol–water partition coefficient (Wildman–Crippen LogP) is 0.624. The highest BCUT2D eigenvalue weighted by atomic mass is 32.2. The Bertz CT molecular complexity index is 495. The van der Waals surface area contributed by atoms with E-state index in [4.69, 9.17) is 5.11 Å². The van der Waals surface area contributed by atoms with E-state index in [0.29, 0.717) is 0 Å². The minimum atomic E-state index is -3.66. The van der Waals surface area contributed by atoms with E-state index in [9.17, 15) is 13.2 Å². The molecular formula is C11H15NO5S. The number of benzene rings is 1. The minimum absolute atomic E-state index is 0.0135. The summed E-state index contributed by atoms with van der Waals surface area (Å²) in [5.74, 6) is -0.466. The van der Waals surface area contributed by atoms with Crippen molar-refractivity contribution in [2.45, 2.75) is 18.2 Å². The molecular weight excluding hydrogens is 258 g/mol. The Morgan fingerprint density at radius 1 is 1.33 bits per heavy atom. The molecule has 0 fully saturated rings. The van der Waals surface area contributed by atoms with Gasteiger partial charge < -0.3 is 9.84 Å². The summed E-state index contributed by atoms with van der Waals surface area (Å²) < 4.78 is 30.4. The molecule has 0 radical (unpaired) electrons. The van der Waals surface area contributed by atoms with E-state index < -0.39 is 16.0 Å². The maximum atomic E-state index is 11.7.